The van der Waals surface area contributed by atoms with Crippen LogP contribution < -0.4 is 9.64 Å². The Hall–Kier alpha value is -7.96. The Bertz CT molecular complexity index is 3140. The van der Waals surface area contributed by atoms with Gasteiger partial charge in [0.15, 0.2) is 23.1 Å². The summed E-state index contributed by atoms with van der Waals surface area (Å²) in [6.45, 7) is 8.05. The van der Waals surface area contributed by atoms with Crippen molar-refractivity contribution in [2.75, 3.05) is 4.90 Å². The molecule has 0 radical (unpaired) electrons. The summed E-state index contributed by atoms with van der Waals surface area (Å²) >= 11 is 0. The summed E-state index contributed by atoms with van der Waals surface area (Å²) in [5, 5.41) is 3.35. The summed E-state index contributed by atoms with van der Waals surface area (Å²) in [5.74, 6) is 3.09. The number of ether oxygens (including phenoxy) is 1. The topological polar surface area (TPSA) is 64.0 Å². The molecule has 278 valence electrons. The molecule has 0 N–H and O–H groups in total. The number of hydrogen-bond acceptors (Lipinski definition) is 6. The Morgan fingerprint density at radius 1 is 0.576 bits per heavy atom. The molecular formula is C53H35N5O. The van der Waals surface area contributed by atoms with Crippen LogP contribution >= 0.6 is 0 Å². The van der Waals surface area contributed by atoms with Gasteiger partial charge in [-0.3, -0.25) is 0 Å². The fraction of sp³-hybridized carbons (Fsp3) is 0.0189. The summed E-state index contributed by atoms with van der Waals surface area (Å²) in [6.07, 6.45) is 5.39. The molecule has 9 aromatic rings. The van der Waals surface area contributed by atoms with Crippen molar-refractivity contribution in [3.63, 3.8) is 0 Å². The van der Waals surface area contributed by atoms with Gasteiger partial charge in [0.25, 0.3) is 0 Å². The molecule has 1 atom stereocenters. The van der Waals surface area contributed by atoms with Gasteiger partial charge >= 0.3 is 0 Å². The largest absolute Gasteiger partial charge is 0.453 e. The Morgan fingerprint density at radius 3 is 2.02 bits per heavy atom. The third-order valence-electron chi connectivity index (χ3n) is 11.3. The van der Waals surface area contributed by atoms with Crippen molar-refractivity contribution in [2.45, 2.75) is 5.92 Å². The van der Waals surface area contributed by atoms with E-state index >= 15 is 0 Å². The Morgan fingerprint density at radius 2 is 1.25 bits per heavy atom. The number of rotatable bonds is 7. The minimum absolute atomic E-state index is 0.330. The standard InChI is InChI=1S/C53H35N5O/c1-3-16-33(4-2)51-55-52(35-17-6-5-7-18-35)57-53(56-51)49-40-22-14-20-37(47(40)50-48-39(21-15-23-41(48)49)38-19-8-9-24-42(38)54-50)34-29-31-36(32-30-34)58-43-25-10-12-27-45(43)59-46-28-13-11-26-44(46)58/h3-32,49H,1-2H2/b33-16+. The maximum Gasteiger partial charge on any atom is 0.163 e. The van der Waals surface area contributed by atoms with E-state index in [4.69, 9.17) is 24.7 Å². The summed E-state index contributed by atoms with van der Waals surface area (Å²) in [6, 6.07) is 56.7. The van der Waals surface area contributed by atoms with Gasteiger partial charge in [0.2, 0.25) is 0 Å². The number of para-hydroxylation sites is 5. The van der Waals surface area contributed by atoms with Crippen LogP contribution in [-0.4, -0.2) is 19.9 Å². The molecule has 59 heavy (non-hydrogen) atoms. The highest BCUT2D eigenvalue weighted by atomic mass is 16.5. The lowest BCUT2D eigenvalue weighted by molar-refractivity contribution is 0.477. The first-order valence-electron chi connectivity index (χ1n) is 19.7. The van der Waals surface area contributed by atoms with E-state index in [1.807, 2.05) is 72.8 Å². The first-order chi connectivity index (χ1) is 29.2. The summed E-state index contributed by atoms with van der Waals surface area (Å²) < 4.78 is 6.31. The Kier molecular flexibility index (Phi) is 8.08. The summed E-state index contributed by atoms with van der Waals surface area (Å²) in [5.41, 5.74) is 12.0. The normalized spacial score (nSPS) is 13.9. The van der Waals surface area contributed by atoms with Gasteiger partial charge in [-0.05, 0) is 70.1 Å². The SMILES string of the molecule is C=C/C=C(\C=C)c1nc(-c2ccccc2)nc(C2c3cccc(-c4ccc(N5c6ccccc6Oc6ccccc65)cc4)c3-c3nc4ccccc4c4cccc2c34)n1. The highest BCUT2D eigenvalue weighted by molar-refractivity contribution is 6.15. The number of hydrogen-bond donors (Lipinski definition) is 0. The second-order valence-corrected chi connectivity index (χ2v) is 14.6. The lowest BCUT2D eigenvalue weighted by Crippen LogP contribution is -2.17. The fourth-order valence-corrected chi connectivity index (χ4v) is 8.72. The zero-order chi connectivity index (χ0) is 39.5. The molecule has 0 saturated heterocycles. The molecule has 0 fully saturated rings. The lowest BCUT2D eigenvalue weighted by Gasteiger charge is -2.33. The minimum Gasteiger partial charge on any atom is -0.453 e. The monoisotopic (exact) mass is 757 g/mol. The average Bonchev–Trinajstić information content (AvgIpc) is 3.30. The molecule has 7 aromatic carbocycles. The van der Waals surface area contributed by atoms with Gasteiger partial charge in [-0.2, -0.15) is 0 Å². The van der Waals surface area contributed by atoms with Crippen molar-refractivity contribution in [3.8, 4) is 45.3 Å². The molecule has 1 unspecified atom stereocenters. The Labute approximate surface area is 341 Å². The van der Waals surface area contributed by atoms with Gasteiger partial charge in [-0.25, -0.2) is 19.9 Å². The van der Waals surface area contributed by atoms with Gasteiger partial charge in [0, 0.05) is 33.2 Å². The van der Waals surface area contributed by atoms with E-state index in [2.05, 4.69) is 115 Å². The number of pyridine rings is 1. The predicted molar refractivity (Wildman–Crippen MR) is 239 cm³/mol. The molecular weight excluding hydrogens is 723 g/mol. The molecule has 0 saturated carbocycles. The van der Waals surface area contributed by atoms with Crippen molar-refractivity contribution >= 4 is 44.3 Å². The molecule has 6 nitrogen and oxygen atoms in total. The number of fused-ring (bicyclic) bond motifs is 6. The third kappa shape index (κ3) is 5.57. The van der Waals surface area contributed by atoms with Gasteiger partial charge in [-0.15, -0.1) is 0 Å². The fourth-order valence-electron chi connectivity index (χ4n) is 8.72. The van der Waals surface area contributed by atoms with Crippen molar-refractivity contribution < 1.29 is 4.74 Å². The van der Waals surface area contributed by atoms with Crippen LogP contribution in [0.2, 0.25) is 0 Å². The zero-order valence-electron chi connectivity index (χ0n) is 32.0. The van der Waals surface area contributed by atoms with E-state index in [-0.39, 0.29) is 5.92 Å². The second-order valence-electron chi connectivity index (χ2n) is 14.6. The lowest BCUT2D eigenvalue weighted by atomic mass is 9.75. The van der Waals surface area contributed by atoms with E-state index in [0.29, 0.717) is 17.5 Å². The van der Waals surface area contributed by atoms with Gasteiger partial charge in [-0.1, -0.05) is 153 Å². The van der Waals surface area contributed by atoms with Crippen molar-refractivity contribution in [2.24, 2.45) is 0 Å². The molecule has 0 spiro atoms. The zero-order valence-corrected chi connectivity index (χ0v) is 32.0. The predicted octanol–water partition coefficient (Wildman–Crippen LogP) is 13.4. The molecule has 2 aromatic heterocycles. The summed E-state index contributed by atoms with van der Waals surface area (Å²) in [4.78, 5) is 23.3. The number of benzene rings is 7. The van der Waals surface area contributed by atoms with Crippen LogP contribution in [0.4, 0.5) is 17.1 Å². The average molecular weight is 758 g/mol. The molecule has 3 heterocycles. The molecule has 2 aliphatic rings. The first-order valence-corrected chi connectivity index (χ1v) is 19.7. The molecule has 1 aliphatic heterocycles. The molecule has 11 rings (SSSR count). The summed E-state index contributed by atoms with van der Waals surface area (Å²) in [7, 11) is 0. The maximum atomic E-state index is 6.31. The third-order valence-corrected chi connectivity index (χ3v) is 11.3. The second kappa shape index (κ2) is 13.9. The minimum atomic E-state index is -0.330. The van der Waals surface area contributed by atoms with Crippen molar-refractivity contribution in [1.82, 2.24) is 19.9 Å². The smallest absolute Gasteiger partial charge is 0.163 e. The van der Waals surface area contributed by atoms with Crippen LogP contribution in [0.25, 0.3) is 61.0 Å². The van der Waals surface area contributed by atoms with Crippen LogP contribution in [-0.2, 0) is 0 Å². The van der Waals surface area contributed by atoms with E-state index in [1.54, 1.807) is 12.2 Å². The van der Waals surface area contributed by atoms with Crippen LogP contribution in [0.5, 0.6) is 11.5 Å². The quantitative estimate of drug-likeness (QED) is 0.119. The number of nitrogens with zero attached hydrogens (tertiary/aromatic N) is 5. The van der Waals surface area contributed by atoms with Gasteiger partial charge in [0.1, 0.15) is 5.82 Å². The van der Waals surface area contributed by atoms with E-state index in [1.165, 1.54) is 0 Å². The highest BCUT2D eigenvalue weighted by Crippen LogP contribution is 2.53. The molecule has 6 heteroatoms. The van der Waals surface area contributed by atoms with E-state index < -0.39 is 0 Å². The van der Waals surface area contributed by atoms with Crippen molar-refractivity contribution in [3.05, 3.63) is 218 Å². The number of aromatic nitrogens is 4. The van der Waals surface area contributed by atoms with Crippen LogP contribution in [0.1, 0.15) is 28.7 Å². The molecule has 0 amide bonds. The number of allylic oxidation sites excluding steroid dienone is 4. The van der Waals surface area contributed by atoms with Crippen LogP contribution in [0.15, 0.2) is 195 Å². The van der Waals surface area contributed by atoms with Gasteiger partial charge < -0.3 is 9.64 Å². The molecule has 1 aliphatic carbocycles. The maximum absolute atomic E-state index is 6.31. The Balaban J connectivity index is 1.15. The van der Waals surface area contributed by atoms with E-state index in [0.717, 1.165) is 94.9 Å². The van der Waals surface area contributed by atoms with Crippen molar-refractivity contribution in [1.29, 1.82) is 0 Å². The van der Waals surface area contributed by atoms with Gasteiger partial charge in [0.05, 0.1) is 28.5 Å². The number of anilines is 3. The highest BCUT2D eigenvalue weighted by Gasteiger charge is 2.34. The first kappa shape index (κ1) is 34.3. The molecule has 0 bridgehead atoms. The van der Waals surface area contributed by atoms with Crippen LogP contribution in [0, 0.1) is 0 Å². The van der Waals surface area contributed by atoms with E-state index in [9.17, 15) is 0 Å². The van der Waals surface area contributed by atoms with Crippen LogP contribution in [0.3, 0.4) is 0 Å².